The van der Waals surface area contributed by atoms with Gasteiger partial charge in [-0.25, -0.2) is 0 Å². The second-order valence-corrected chi connectivity index (χ2v) is 4.35. The fourth-order valence-corrected chi connectivity index (χ4v) is 2.11. The minimum atomic E-state index is -4.63. The topological polar surface area (TPSA) is 62.3 Å². The molecule has 2 N–H and O–H groups in total. The number of aromatic amines is 1. The fourth-order valence-electron chi connectivity index (χ4n) is 2.11. The summed E-state index contributed by atoms with van der Waals surface area (Å²) in [6, 6.07) is 4.66. The minimum Gasteiger partial charge on any atom is -0.497 e. The molecule has 0 aliphatic rings. The van der Waals surface area contributed by atoms with Crippen molar-refractivity contribution in [1.29, 1.82) is 0 Å². The second-order valence-electron chi connectivity index (χ2n) is 4.35. The minimum absolute atomic E-state index is 0.0891. The molecule has 7 heteroatoms. The highest BCUT2D eigenvalue weighted by atomic mass is 19.4. The van der Waals surface area contributed by atoms with Crippen LogP contribution in [0.4, 0.5) is 13.2 Å². The molecule has 2 rings (SSSR count). The van der Waals surface area contributed by atoms with Gasteiger partial charge in [0.25, 0.3) is 0 Å². The lowest BCUT2D eigenvalue weighted by molar-refractivity contribution is -0.163. The Labute approximate surface area is 112 Å². The van der Waals surface area contributed by atoms with E-state index < -0.39 is 24.5 Å². The number of fused-ring (bicyclic) bond motifs is 1. The van der Waals surface area contributed by atoms with Crippen molar-refractivity contribution >= 4 is 16.9 Å². The average Bonchev–Trinajstić information content (AvgIpc) is 2.76. The summed E-state index contributed by atoms with van der Waals surface area (Å²) >= 11 is 0. The van der Waals surface area contributed by atoms with E-state index in [1.807, 2.05) is 0 Å². The molecule has 0 aliphatic heterocycles. The van der Waals surface area contributed by atoms with Crippen LogP contribution < -0.4 is 4.74 Å². The quantitative estimate of drug-likeness (QED) is 0.907. The monoisotopic (exact) mass is 287 g/mol. The number of nitrogens with one attached hydrogen (secondary N) is 1. The number of methoxy groups -OCH3 is 1. The number of aromatic nitrogens is 1. The van der Waals surface area contributed by atoms with Gasteiger partial charge >= 0.3 is 12.1 Å². The van der Waals surface area contributed by atoms with Crippen LogP contribution >= 0.6 is 0 Å². The van der Waals surface area contributed by atoms with Crippen LogP contribution in [0, 0.1) is 0 Å². The highest BCUT2D eigenvalue weighted by Gasteiger charge is 2.43. The Morgan fingerprint density at radius 3 is 2.70 bits per heavy atom. The highest BCUT2D eigenvalue weighted by molar-refractivity contribution is 5.86. The molecule has 4 nitrogen and oxygen atoms in total. The Bertz CT molecular complexity index is 633. The molecular formula is C13H12F3NO3. The zero-order valence-corrected chi connectivity index (χ0v) is 10.5. The van der Waals surface area contributed by atoms with Crippen LogP contribution in [0.15, 0.2) is 24.4 Å². The van der Waals surface area contributed by atoms with E-state index in [1.165, 1.54) is 19.4 Å². The lowest BCUT2D eigenvalue weighted by atomic mass is 9.94. The molecule has 1 heterocycles. The summed E-state index contributed by atoms with van der Waals surface area (Å²) < 4.78 is 44.1. The first-order valence-corrected chi connectivity index (χ1v) is 5.76. The number of H-pyrrole nitrogens is 1. The molecule has 0 fully saturated rings. The summed E-state index contributed by atoms with van der Waals surface area (Å²) in [4.78, 5) is 13.4. The van der Waals surface area contributed by atoms with Gasteiger partial charge in [-0.05, 0) is 23.8 Å². The highest BCUT2D eigenvalue weighted by Crippen LogP contribution is 2.41. The molecule has 108 valence electrons. The first-order valence-electron chi connectivity index (χ1n) is 5.76. The van der Waals surface area contributed by atoms with Gasteiger partial charge in [-0.3, -0.25) is 4.79 Å². The van der Waals surface area contributed by atoms with Crippen LogP contribution in [0.3, 0.4) is 0 Å². The lowest BCUT2D eigenvalue weighted by Gasteiger charge is -2.18. The Balaban J connectivity index is 2.55. The number of carboxylic acid groups (broad SMARTS) is 1. The van der Waals surface area contributed by atoms with Crippen LogP contribution in [0.2, 0.25) is 0 Å². The number of carboxylic acids is 1. The van der Waals surface area contributed by atoms with Gasteiger partial charge in [-0.15, -0.1) is 0 Å². The zero-order valence-electron chi connectivity index (χ0n) is 10.5. The number of aliphatic carboxylic acids is 1. The molecule has 1 aromatic heterocycles. The van der Waals surface area contributed by atoms with Gasteiger partial charge in [0.1, 0.15) is 5.75 Å². The Morgan fingerprint density at radius 1 is 1.45 bits per heavy atom. The fraction of sp³-hybridized carbons (Fsp3) is 0.308. The third-order valence-corrected chi connectivity index (χ3v) is 3.07. The summed E-state index contributed by atoms with van der Waals surface area (Å²) in [6.45, 7) is 0. The van der Waals surface area contributed by atoms with Crippen molar-refractivity contribution in [1.82, 2.24) is 4.98 Å². The number of benzene rings is 1. The summed E-state index contributed by atoms with van der Waals surface area (Å²) in [6.07, 6.45) is -4.44. The van der Waals surface area contributed by atoms with Gasteiger partial charge in [0, 0.05) is 17.1 Å². The molecule has 0 radical (unpaired) electrons. The predicted octanol–water partition coefficient (Wildman–Crippen LogP) is 3.30. The number of rotatable bonds is 4. The number of halogens is 3. The van der Waals surface area contributed by atoms with Gasteiger partial charge in [-0.2, -0.15) is 13.2 Å². The SMILES string of the molecule is COc1ccc2[nH]cc(C(CC(=O)O)C(F)(F)F)c2c1. The predicted molar refractivity (Wildman–Crippen MR) is 65.9 cm³/mol. The summed E-state index contributed by atoms with van der Waals surface area (Å²) in [5.74, 6) is -3.14. The van der Waals surface area contributed by atoms with Crippen molar-refractivity contribution in [3.63, 3.8) is 0 Å². The maximum absolute atomic E-state index is 13.0. The van der Waals surface area contributed by atoms with E-state index in [4.69, 9.17) is 9.84 Å². The van der Waals surface area contributed by atoms with Crippen LogP contribution in [-0.4, -0.2) is 29.3 Å². The smallest absolute Gasteiger partial charge is 0.396 e. The first-order chi connectivity index (χ1) is 9.32. The maximum Gasteiger partial charge on any atom is 0.396 e. The van der Waals surface area contributed by atoms with Crippen molar-refractivity contribution in [2.75, 3.05) is 7.11 Å². The molecule has 1 unspecified atom stereocenters. The van der Waals surface area contributed by atoms with Crippen molar-refractivity contribution in [3.8, 4) is 5.75 Å². The van der Waals surface area contributed by atoms with Gasteiger partial charge in [-0.1, -0.05) is 0 Å². The van der Waals surface area contributed by atoms with Crippen molar-refractivity contribution in [2.45, 2.75) is 18.5 Å². The standard InChI is InChI=1S/C13H12F3NO3/c1-20-7-2-3-11-8(4-7)9(6-17-11)10(5-12(18)19)13(14,15)16/h2-4,6,10,17H,5H2,1H3,(H,18,19). The van der Waals surface area contributed by atoms with E-state index in [9.17, 15) is 18.0 Å². The van der Waals surface area contributed by atoms with Crippen LogP contribution in [-0.2, 0) is 4.79 Å². The molecule has 0 saturated heterocycles. The van der Waals surface area contributed by atoms with E-state index in [1.54, 1.807) is 12.1 Å². The molecule has 2 aromatic rings. The van der Waals surface area contributed by atoms with Crippen molar-refractivity contribution in [3.05, 3.63) is 30.0 Å². The van der Waals surface area contributed by atoms with Gasteiger partial charge in [0.2, 0.25) is 0 Å². The zero-order chi connectivity index (χ0) is 14.9. The molecule has 1 aromatic carbocycles. The summed E-state index contributed by atoms with van der Waals surface area (Å²) in [7, 11) is 1.41. The number of ether oxygens (including phenoxy) is 1. The van der Waals surface area contributed by atoms with Gasteiger partial charge in [0.15, 0.2) is 0 Å². The molecule has 0 spiro atoms. The van der Waals surface area contributed by atoms with E-state index in [0.717, 1.165) is 0 Å². The largest absolute Gasteiger partial charge is 0.497 e. The number of hydrogen-bond acceptors (Lipinski definition) is 2. The van der Waals surface area contributed by atoms with E-state index in [2.05, 4.69) is 4.98 Å². The molecule has 1 atom stereocenters. The maximum atomic E-state index is 13.0. The third-order valence-electron chi connectivity index (χ3n) is 3.07. The third kappa shape index (κ3) is 2.71. The van der Waals surface area contributed by atoms with E-state index in [-0.39, 0.29) is 5.56 Å². The lowest BCUT2D eigenvalue weighted by Crippen LogP contribution is -2.23. The van der Waals surface area contributed by atoms with Crippen LogP contribution in [0.1, 0.15) is 17.9 Å². The van der Waals surface area contributed by atoms with Crippen molar-refractivity contribution in [2.24, 2.45) is 0 Å². The van der Waals surface area contributed by atoms with E-state index in [0.29, 0.717) is 16.7 Å². The number of alkyl halides is 3. The van der Waals surface area contributed by atoms with Gasteiger partial charge in [0.05, 0.1) is 19.4 Å². The normalized spacial score (nSPS) is 13.4. The average molecular weight is 287 g/mol. The molecule has 0 saturated carbocycles. The first kappa shape index (κ1) is 14.2. The summed E-state index contributed by atoms with van der Waals surface area (Å²) in [5.41, 5.74) is 0.411. The Kier molecular flexibility index (Phi) is 3.61. The van der Waals surface area contributed by atoms with Crippen LogP contribution in [0.5, 0.6) is 5.75 Å². The number of carbonyl (C=O) groups is 1. The van der Waals surface area contributed by atoms with Crippen molar-refractivity contribution < 1.29 is 27.8 Å². The molecule has 0 bridgehead atoms. The molecule has 0 amide bonds. The molecule has 20 heavy (non-hydrogen) atoms. The summed E-state index contributed by atoms with van der Waals surface area (Å²) in [5, 5.41) is 9.00. The number of hydrogen-bond donors (Lipinski definition) is 2. The Morgan fingerprint density at radius 2 is 2.15 bits per heavy atom. The van der Waals surface area contributed by atoms with Gasteiger partial charge < -0.3 is 14.8 Å². The van der Waals surface area contributed by atoms with E-state index >= 15 is 0 Å². The molecule has 0 aliphatic carbocycles. The molecular weight excluding hydrogens is 275 g/mol. The Hall–Kier alpha value is -2.18. The van der Waals surface area contributed by atoms with Crippen LogP contribution in [0.25, 0.3) is 10.9 Å². The second kappa shape index (κ2) is 5.07.